The van der Waals surface area contributed by atoms with Crippen LogP contribution in [0.25, 0.3) is 0 Å². The zero-order valence-corrected chi connectivity index (χ0v) is 11.4. The number of nitrogens with one attached hydrogen (secondary N) is 2. The highest BCUT2D eigenvalue weighted by Gasteiger charge is 2.29. The predicted molar refractivity (Wildman–Crippen MR) is 74.0 cm³/mol. The number of nitro groups is 1. The van der Waals surface area contributed by atoms with E-state index in [1.54, 1.807) is 13.0 Å². The highest BCUT2D eigenvalue weighted by atomic mass is 16.6. The second-order valence-electron chi connectivity index (χ2n) is 4.56. The molecule has 0 bridgehead atoms. The molecule has 1 unspecified atom stereocenters. The van der Waals surface area contributed by atoms with Crippen LogP contribution in [0.1, 0.15) is 13.3 Å². The highest BCUT2D eigenvalue weighted by molar-refractivity contribution is 5.98. The first-order valence-corrected chi connectivity index (χ1v) is 6.50. The molecule has 1 aromatic carbocycles. The maximum absolute atomic E-state index is 12.0. The van der Waals surface area contributed by atoms with E-state index >= 15 is 0 Å². The van der Waals surface area contributed by atoms with E-state index in [0.717, 1.165) is 0 Å². The van der Waals surface area contributed by atoms with Gasteiger partial charge in [-0.2, -0.15) is 0 Å². The van der Waals surface area contributed by atoms with Gasteiger partial charge in [0.25, 0.3) is 5.69 Å². The first kappa shape index (κ1) is 14.8. The summed E-state index contributed by atoms with van der Waals surface area (Å²) in [6.07, 6.45) is 0.0939. The van der Waals surface area contributed by atoms with E-state index in [1.165, 1.54) is 12.1 Å². The summed E-state index contributed by atoms with van der Waals surface area (Å²) in [7, 11) is 0. The SMILES string of the molecule is CCOc1ccc(NC(=O)C2CNC(=O)C2)c([N+](=O)[O-])c1. The zero-order valence-electron chi connectivity index (χ0n) is 11.4. The van der Waals surface area contributed by atoms with Gasteiger partial charge in [0.05, 0.1) is 23.5 Å². The summed E-state index contributed by atoms with van der Waals surface area (Å²) in [5, 5.41) is 16.1. The molecule has 1 aromatic rings. The Balaban J connectivity index is 2.17. The molecular formula is C13H15N3O5. The normalized spacial score (nSPS) is 17.2. The van der Waals surface area contributed by atoms with Crippen molar-refractivity contribution < 1.29 is 19.2 Å². The molecule has 2 amide bonds. The summed E-state index contributed by atoms with van der Waals surface area (Å²) in [6, 6.07) is 4.23. The van der Waals surface area contributed by atoms with Gasteiger partial charge in [-0.15, -0.1) is 0 Å². The third-order valence-corrected chi connectivity index (χ3v) is 3.08. The van der Waals surface area contributed by atoms with Crippen molar-refractivity contribution >= 4 is 23.2 Å². The van der Waals surface area contributed by atoms with Crippen LogP contribution in [0.2, 0.25) is 0 Å². The number of benzene rings is 1. The lowest BCUT2D eigenvalue weighted by atomic mass is 10.1. The van der Waals surface area contributed by atoms with Crippen molar-refractivity contribution in [1.82, 2.24) is 5.32 Å². The number of rotatable bonds is 5. The van der Waals surface area contributed by atoms with E-state index in [-0.39, 0.29) is 30.2 Å². The van der Waals surface area contributed by atoms with Gasteiger partial charge in [0.1, 0.15) is 11.4 Å². The first-order chi connectivity index (χ1) is 10.0. The van der Waals surface area contributed by atoms with Crippen molar-refractivity contribution in [2.45, 2.75) is 13.3 Å². The van der Waals surface area contributed by atoms with Crippen LogP contribution in [0.15, 0.2) is 18.2 Å². The number of nitro benzene ring substituents is 1. The fourth-order valence-corrected chi connectivity index (χ4v) is 2.05. The second-order valence-corrected chi connectivity index (χ2v) is 4.56. The number of amides is 2. The Morgan fingerprint density at radius 3 is 2.90 bits per heavy atom. The zero-order chi connectivity index (χ0) is 15.4. The van der Waals surface area contributed by atoms with Gasteiger partial charge in [-0.25, -0.2) is 0 Å². The molecule has 1 atom stereocenters. The third-order valence-electron chi connectivity index (χ3n) is 3.08. The molecule has 21 heavy (non-hydrogen) atoms. The van der Waals surface area contributed by atoms with Gasteiger partial charge < -0.3 is 15.4 Å². The topological polar surface area (TPSA) is 111 Å². The van der Waals surface area contributed by atoms with E-state index in [2.05, 4.69) is 10.6 Å². The molecule has 0 radical (unpaired) electrons. The van der Waals surface area contributed by atoms with Gasteiger partial charge in [-0.3, -0.25) is 19.7 Å². The summed E-state index contributed by atoms with van der Waals surface area (Å²) >= 11 is 0. The fourth-order valence-electron chi connectivity index (χ4n) is 2.05. The molecule has 1 fully saturated rings. The van der Waals surface area contributed by atoms with Crippen LogP contribution >= 0.6 is 0 Å². The number of ether oxygens (including phenoxy) is 1. The summed E-state index contributed by atoms with van der Waals surface area (Å²) in [6.45, 7) is 2.40. The van der Waals surface area contributed by atoms with Crippen molar-refractivity contribution in [3.8, 4) is 5.75 Å². The van der Waals surface area contributed by atoms with E-state index < -0.39 is 16.7 Å². The Labute approximate surface area is 120 Å². The number of anilines is 1. The maximum atomic E-state index is 12.0. The lowest BCUT2D eigenvalue weighted by Gasteiger charge is -2.10. The second kappa shape index (κ2) is 6.21. The third kappa shape index (κ3) is 3.47. The first-order valence-electron chi connectivity index (χ1n) is 6.50. The Hall–Kier alpha value is -2.64. The summed E-state index contributed by atoms with van der Waals surface area (Å²) in [5.74, 6) is -0.763. The molecule has 1 saturated heterocycles. The molecule has 1 aliphatic heterocycles. The molecule has 0 aliphatic carbocycles. The van der Waals surface area contributed by atoms with Crippen LogP contribution in [0, 0.1) is 16.0 Å². The number of hydrogen-bond acceptors (Lipinski definition) is 5. The van der Waals surface area contributed by atoms with Crippen molar-refractivity contribution in [2.24, 2.45) is 5.92 Å². The molecule has 0 saturated carbocycles. The molecule has 0 spiro atoms. The van der Waals surface area contributed by atoms with Crippen molar-refractivity contribution in [1.29, 1.82) is 0 Å². The van der Waals surface area contributed by atoms with Crippen molar-refractivity contribution in [2.75, 3.05) is 18.5 Å². The van der Waals surface area contributed by atoms with Gasteiger partial charge in [0, 0.05) is 13.0 Å². The van der Waals surface area contributed by atoms with Crippen LogP contribution in [-0.4, -0.2) is 29.9 Å². The van der Waals surface area contributed by atoms with E-state index in [0.29, 0.717) is 12.4 Å². The van der Waals surface area contributed by atoms with Gasteiger partial charge >= 0.3 is 0 Å². The Bertz CT molecular complexity index is 587. The van der Waals surface area contributed by atoms with Crippen LogP contribution in [0.5, 0.6) is 5.75 Å². The summed E-state index contributed by atoms with van der Waals surface area (Å²) in [4.78, 5) is 33.6. The quantitative estimate of drug-likeness (QED) is 0.623. The maximum Gasteiger partial charge on any atom is 0.296 e. The summed E-state index contributed by atoms with van der Waals surface area (Å²) < 4.78 is 5.20. The average molecular weight is 293 g/mol. The molecule has 8 heteroatoms. The average Bonchev–Trinajstić information content (AvgIpc) is 2.87. The van der Waals surface area contributed by atoms with Gasteiger partial charge in [-0.05, 0) is 19.1 Å². The minimum atomic E-state index is -0.587. The lowest BCUT2D eigenvalue weighted by molar-refractivity contribution is -0.384. The molecule has 0 aromatic heterocycles. The largest absolute Gasteiger partial charge is 0.494 e. The van der Waals surface area contributed by atoms with E-state index in [1.807, 2.05) is 0 Å². The lowest BCUT2D eigenvalue weighted by Crippen LogP contribution is -2.25. The van der Waals surface area contributed by atoms with E-state index in [4.69, 9.17) is 4.74 Å². The van der Waals surface area contributed by atoms with Gasteiger partial charge in [0.15, 0.2) is 0 Å². The van der Waals surface area contributed by atoms with Gasteiger partial charge in [-0.1, -0.05) is 0 Å². The minimum Gasteiger partial charge on any atom is -0.494 e. The molecule has 1 heterocycles. The minimum absolute atomic E-state index is 0.0906. The standard InChI is InChI=1S/C13H15N3O5/c1-2-21-9-3-4-10(11(6-9)16(19)20)15-13(18)8-5-12(17)14-7-8/h3-4,6,8H,2,5,7H2,1H3,(H,14,17)(H,15,18). The molecule has 1 aliphatic rings. The monoisotopic (exact) mass is 293 g/mol. The number of hydrogen-bond donors (Lipinski definition) is 2. The Morgan fingerprint density at radius 1 is 1.57 bits per heavy atom. The predicted octanol–water partition coefficient (Wildman–Crippen LogP) is 1.07. The fraction of sp³-hybridized carbons (Fsp3) is 0.385. The molecular weight excluding hydrogens is 278 g/mol. The molecule has 8 nitrogen and oxygen atoms in total. The molecule has 2 N–H and O–H groups in total. The molecule has 2 rings (SSSR count). The van der Waals surface area contributed by atoms with Gasteiger partial charge in [0.2, 0.25) is 11.8 Å². The summed E-state index contributed by atoms with van der Waals surface area (Å²) in [5.41, 5.74) is -0.153. The number of nitrogens with zero attached hydrogens (tertiary/aromatic N) is 1. The number of carbonyl (C=O) groups excluding carboxylic acids is 2. The smallest absolute Gasteiger partial charge is 0.296 e. The van der Waals surface area contributed by atoms with Crippen LogP contribution < -0.4 is 15.4 Å². The van der Waals surface area contributed by atoms with Crippen molar-refractivity contribution in [3.05, 3.63) is 28.3 Å². The molecule has 112 valence electrons. The van der Waals surface area contributed by atoms with E-state index in [9.17, 15) is 19.7 Å². The van der Waals surface area contributed by atoms with Crippen LogP contribution in [0.4, 0.5) is 11.4 Å². The Kier molecular flexibility index (Phi) is 4.36. The highest BCUT2D eigenvalue weighted by Crippen LogP contribution is 2.29. The van der Waals surface area contributed by atoms with Crippen LogP contribution in [-0.2, 0) is 9.59 Å². The van der Waals surface area contributed by atoms with Crippen LogP contribution in [0.3, 0.4) is 0 Å². The Morgan fingerprint density at radius 2 is 2.33 bits per heavy atom. The van der Waals surface area contributed by atoms with Crippen molar-refractivity contribution in [3.63, 3.8) is 0 Å². The number of carbonyl (C=O) groups is 2.